The van der Waals surface area contributed by atoms with Crippen molar-refractivity contribution in [2.24, 2.45) is 11.5 Å². The lowest BCUT2D eigenvalue weighted by Crippen LogP contribution is -2.45. The van der Waals surface area contributed by atoms with E-state index in [0.29, 0.717) is 0 Å². The lowest BCUT2D eigenvalue weighted by atomic mass is 10.6. The molecule has 0 bridgehead atoms. The zero-order valence-corrected chi connectivity index (χ0v) is 7.21. The maximum Gasteiger partial charge on any atom is 0.210 e. The van der Waals surface area contributed by atoms with Crippen LogP contribution in [0, 0.1) is 0 Å². The zero-order valence-electron chi connectivity index (χ0n) is 5.57. The lowest BCUT2D eigenvalue weighted by molar-refractivity contribution is 0.562. The first kappa shape index (κ1) is 12.8. The summed E-state index contributed by atoms with van der Waals surface area (Å²) < 4.78 is 22.8. The summed E-state index contributed by atoms with van der Waals surface area (Å²) in [5.74, 6) is 0. The topological polar surface area (TPSA) is 98.2 Å². The van der Waals surface area contributed by atoms with Crippen molar-refractivity contribution in [3.05, 3.63) is 0 Å². The third kappa shape index (κ3) is 8.12. The van der Waals surface area contributed by atoms with E-state index in [2.05, 4.69) is 4.72 Å². The quantitative estimate of drug-likeness (QED) is 0.457. The molecule has 0 aliphatic rings. The Bertz CT molecular complexity index is 169. The molecule has 0 saturated carbocycles. The molecular formula is C3H12ClN3O2S. The molecule has 64 valence electrons. The van der Waals surface area contributed by atoms with Crippen molar-refractivity contribution in [3.63, 3.8) is 0 Å². The zero-order chi connectivity index (χ0) is 7.49. The molecule has 0 saturated heterocycles. The van der Waals surface area contributed by atoms with Crippen LogP contribution in [-0.2, 0) is 10.0 Å². The Hall–Kier alpha value is 0.120. The average molecular weight is 190 g/mol. The highest BCUT2D eigenvalue weighted by atomic mass is 35.5. The monoisotopic (exact) mass is 189 g/mol. The summed E-state index contributed by atoms with van der Waals surface area (Å²) in [6.45, 7) is 0.104. The minimum atomic E-state index is -3.19. The highest BCUT2D eigenvalue weighted by molar-refractivity contribution is 7.88. The van der Waals surface area contributed by atoms with Crippen molar-refractivity contribution >= 4 is 22.4 Å². The molecule has 0 aromatic rings. The summed E-state index contributed by atoms with van der Waals surface area (Å²) in [5.41, 5.74) is 10.2. The van der Waals surface area contributed by atoms with Crippen LogP contribution in [-0.4, -0.2) is 27.4 Å². The van der Waals surface area contributed by atoms with Crippen molar-refractivity contribution in [2.45, 2.75) is 6.17 Å². The fourth-order valence-corrected chi connectivity index (χ4v) is 0.969. The largest absolute Gasteiger partial charge is 0.328 e. The Morgan fingerprint density at radius 1 is 1.60 bits per heavy atom. The van der Waals surface area contributed by atoms with Crippen LogP contribution in [0.3, 0.4) is 0 Å². The van der Waals surface area contributed by atoms with Crippen molar-refractivity contribution in [3.8, 4) is 0 Å². The van der Waals surface area contributed by atoms with Gasteiger partial charge in [-0.15, -0.1) is 12.4 Å². The molecule has 7 heteroatoms. The third-order valence-corrected chi connectivity index (χ3v) is 1.35. The smallest absolute Gasteiger partial charge is 0.210 e. The summed E-state index contributed by atoms with van der Waals surface area (Å²) in [5, 5.41) is 0. The Morgan fingerprint density at radius 2 is 2.00 bits per heavy atom. The minimum Gasteiger partial charge on any atom is -0.328 e. The molecular weight excluding hydrogens is 178 g/mol. The van der Waals surface area contributed by atoms with E-state index >= 15 is 0 Å². The third-order valence-electron chi connectivity index (χ3n) is 0.619. The Balaban J connectivity index is 0. The molecule has 5 N–H and O–H groups in total. The van der Waals surface area contributed by atoms with Crippen LogP contribution < -0.4 is 16.2 Å². The SMILES string of the molecule is CS(=O)(=O)NC(N)CN.Cl. The molecule has 0 aliphatic carbocycles. The van der Waals surface area contributed by atoms with Crippen LogP contribution in [0.2, 0.25) is 0 Å². The van der Waals surface area contributed by atoms with Gasteiger partial charge in [0, 0.05) is 6.54 Å². The first-order chi connectivity index (χ1) is 3.95. The van der Waals surface area contributed by atoms with E-state index in [1.807, 2.05) is 0 Å². The Labute approximate surface area is 66.6 Å². The van der Waals surface area contributed by atoms with Gasteiger partial charge in [0.15, 0.2) is 0 Å². The van der Waals surface area contributed by atoms with E-state index in [1.54, 1.807) is 0 Å². The van der Waals surface area contributed by atoms with Crippen LogP contribution in [0.15, 0.2) is 0 Å². The number of hydrogen-bond acceptors (Lipinski definition) is 4. The number of halogens is 1. The van der Waals surface area contributed by atoms with Gasteiger partial charge in [0.05, 0.1) is 12.4 Å². The number of nitrogens with one attached hydrogen (secondary N) is 1. The van der Waals surface area contributed by atoms with E-state index in [-0.39, 0.29) is 19.0 Å². The van der Waals surface area contributed by atoms with E-state index in [9.17, 15) is 8.42 Å². The molecule has 0 fully saturated rings. The van der Waals surface area contributed by atoms with Gasteiger partial charge in [0.2, 0.25) is 10.0 Å². The summed E-state index contributed by atoms with van der Waals surface area (Å²) in [6, 6.07) is 0. The van der Waals surface area contributed by atoms with Crippen molar-refractivity contribution in [1.82, 2.24) is 4.72 Å². The van der Waals surface area contributed by atoms with E-state index in [4.69, 9.17) is 11.5 Å². The number of rotatable bonds is 3. The molecule has 0 radical (unpaired) electrons. The van der Waals surface area contributed by atoms with Gasteiger partial charge in [-0.1, -0.05) is 0 Å². The van der Waals surface area contributed by atoms with Gasteiger partial charge in [-0.3, -0.25) is 0 Å². The maximum atomic E-state index is 10.4. The highest BCUT2D eigenvalue weighted by Crippen LogP contribution is 1.73. The van der Waals surface area contributed by atoms with E-state index < -0.39 is 16.2 Å². The fraction of sp³-hybridized carbons (Fsp3) is 1.00. The number of nitrogens with two attached hydrogens (primary N) is 2. The van der Waals surface area contributed by atoms with Gasteiger partial charge in [-0.2, -0.15) is 4.72 Å². The Kier molecular flexibility index (Phi) is 6.21. The van der Waals surface area contributed by atoms with Crippen LogP contribution >= 0.6 is 12.4 Å². The molecule has 10 heavy (non-hydrogen) atoms. The van der Waals surface area contributed by atoms with Gasteiger partial charge in [-0.25, -0.2) is 8.42 Å². The summed E-state index contributed by atoms with van der Waals surface area (Å²) in [6.07, 6.45) is 0.364. The van der Waals surface area contributed by atoms with E-state index in [1.165, 1.54) is 0 Å². The number of hydrogen-bond donors (Lipinski definition) is 3. The molecule has 0 heterocycles. The molecule has 1 atom stereocenters. The molecule has 0 spiro atoms. The van der Waals surface area contributed by atoms with E-state index in [0.717, 1.165) is 6.26 Å². The second-order valence-electron chi connectivity index (χ2n) is 1.73. The van der Waals surface area contributed by atoms with Crippen molar-refractivity contribution in [1.29, 1.82) is 0 Å². The second kappa shape index (κ2) is 4.86. The standard InChI is InChI=1S/C3H11N3O2S.ClH/c1-9(7,8)6-3(5)2-4;/h3,6H,2,4-5H2,1H3;1H. The minimum absolute atomic E-state index is 0. The van der Waals surface area contributed by atoms with Crippen LogP contribution in [0.25, 0.3) is 0 Å². The predicted molar refractivity (Wildman–Crippen MR) is 42.3 cm³/mol. The van der Waals surface area contributed by atoms with Gasteiger partial charge < -0.3 is 11.5 Å². The van der Waals surface area contributed by atoms with Crippen LogP contribution in [0.4, 0.5) is 0 Å². The molecule has 0 amide bonds. The van der Waals surface area contributed by atoms with Crippen LogP contribution in [0.1, 0.15) is 0 Å². The maximum absolute atomic E-state index is 10.4. The first-order valence-electron chi connectivity index (χ1n) is 2.38. The van der Waals surface area contributed by atoms with Gasteiger partial charge >= 0.3 is 0 Å². The summed E-state index contributed by atoms with van der Waals surface area (Å²) in [4.78, 5) is 0. The Morgan fingerprint density at radius 3 is 2.10 bits per heavy atom. The van der Waals surface area contributed by atoms with Crippen molar-refractivity contribution in [2.75, 3.05) is 12.8 Å². The second-order valence-corrected chi connectivity index (χ2v) is 3.51. The summed E-state index contributed by atoms with van der Waals surface area (Å²) in [7, 11) is -3.19. The molecule has 5 nitrogen and oxygen atoms in total. The molecule has 0 aromatic heterocycles. The van der Waals surface area contributed by atoms with Crippen molar-refractivity contribution < 1.29 is 8.42 Å². The molecule has 0 rings (SSSR count). The molecule has 1 unspecified atom stereocenters. The lowest BCUT2D eigenvalue weighted by Gasteiger charge is -2.07. The van der Waals surface area contributed by atoms with Gasteiger partial charge in [0.1, 0.15) is 0 Å². The highest BCUT2D eigenvalue weighted by Gasteiger charge is 2.04. The summed E-state index contributed by atoms with van der Waals surface area (Å²) >= 11 is 0. The normalized spacial score (nSPS) is 13.9. The fourth-order valence-electron chi connectivity index (χ4n) is 0.323. The molecule has 0 aromatic carbocycles. The van der Waals surface area contributed by atoms with Gasteiger partial charge in [0.25, 0.3) is 0 Å². The van der Waals surface area contributed by atoms with Gasteiger partial charge in [-0.05, 0) is 0 Å². The molecule has 0 aliphatic heterocycles. The first-order valence-corrected chi connectivity index (χ1v) is 4.28. The average Bonchev–Trinajstić information content (AvgIpc) is 1.62. The predicted octanol–water partition coefficient (Wildman–Crippen LogP) is -1.80. The van der Waals surface area contributed by atoms with Crippen LogP contribution in [0.5, 0.6) is 0 Å². The number of sulfonamides is 1.